The summed E-state index contributed by atoms with van der Waals surface area (Å²) < 4.78 is 0. The average molecular weight is 184 g/mol. The molecular weight excluding hydrogens is 168 g/mol. The molecule has 0 aromatic rings. The Morgan fingerprint density at radius 2 is 2.08 bits per heavy atom. The van der Waals surface area contributed by atoms with E-state index in [0.717, 1.165) is 19.5 Å². The van der Waals surface area contributed by atoms with Crippen LogP contribution in [-0.2, 0) is 4.79 Å². The quantitative estimate of drug-likeness (QED) is 0.601. The second kappa shape index (κ2) is 7.56. The van der Waals surface area contributed by atoms with Gasteiger partial charge in [-0.25, -0.2) is 0 Å². The van der Waals surface area contributed by atoms with Crippen molar-refractivity contribution in [3.05, 3.63) is 0 Å². The van der Waals surface area contributed by atoms with Crippen LogP contribution < -0.4 is 0 Å². The standard InChI is InChI=1S/C9H16N2O2/c1-11(7-3-2-6-10)8-4-5-9(12)13/h2-5,7-8H2,1H3,(H,12,13). The topological polar surface area (TPSA) is 64.3 Å². The summed E-state index contributed by atoms with van der Waals surface area (Å²) in [6, 6.07) is 2.08. The van der Waals surface area contributed by atoms with E-state index in [1.165, 1.54) is 0 Å². The number of carbonyl (C=O) groups is 1. The van der Waals surface area contributed by atoms with E-state index in [4.69, 9.17) is 10.4 Å². The highest BCUT2D eigenvalue weighted by Crippen LogP contribution is 1.95. The van der Waals surface area contributed by atoms with Crippen LogP contribution in [0.25, 0.3) is 0 Å². The first-order valence-electron chi connectivity index (χ1n) is 4.44. The molecule has 0 saturated heterocycles. The molecule has 0 aliphatic rings. The summed E-state index contributed by atoms with van der Waals surface area (Å²) in [4.78, 5) is 12.2. The number of carboxylic acid groups (broad SMARTS) is 1. The first-order chi connectivity index (χ1) is 6.16. The summed E-state index contributed by atoms with van der Waals surface area (Å²) in [5, 5.41) is 16.7. The van der Waals surface area contributed by atoms with Gasteiger partial charge in [-0.15, -0.1) is 0 Å². The van der Waals surface area contributed by atoms with Crippen molar-refractivity contribution in [1.82, 2.24) is 4.90 Å². The molecule has 0 amide bonds. The van der Waals surface area contributed by atoms with Crippen LogP contribution in [0, 0.1) is 11.3 Å². The Morgan fingerprint density at radius 3 is 2.62 bits per heavy atom. The molecule has 0 radical (unpaired) electrons. The SMILES string of the molecule is CN(CCCC#N)CCCC(=O)O. The zero-order chi connectivity index (χ0) is 10.1. The van der Waals surface area contributed by atoms with Gasteiger partial charge in [0.2, 0.25) is 0 Å². The highest BCUT2D eigenvalue weighted by molar-refractivity contribution is 5.66. The van der Waals surface area contributed by atoms with Gasteiger partial charge in [-0.3, -0.25) is 4.79 Å². The molecule has 0 aromatic carbocycles. The van der Waals surface area contributed by atoms with Crippen molar-refractivity contribution in [3.8, 4) is 6.07 Å². The van der Waals surface area contributed by atoms with Gasteiger partial charge in [0.25, 0.3) is 0 Å². The van der Waals surface area contributed by atoms with Gasteiger partial charge >= 0.3 is 5.97 Å². The van der Waals surface area contributed by atoms with Crippen molar-refractivity contribution in [2.75, 3.05) is 20.1 Å². The van der Waals surface area contributed by atoms with E-state index < -0.39 is 5.97 Å². The van der Waals surface area contributed by atoms with Gasteiger partial charge in [0, 0.05) is 12.8 Å². The van der Waals surface area contributed by atoms with Gasteiger partial charge in [0.1, 0.15) is 0 Å². The smallest absolute Gasteiger partial charge is 0.303 e. The number of hydrogen-bond acceptors (Lipinski definition) is 3. The largest absolute Gasteiger partial charge is 0.481 e. The molecule has 0 fully saturated rings. The predicted molar refractivity (Wildman–Crippen MR) is 49.2 cm³/mol. The lowest BCUT2D eigenvalue weighted by Gasteiger charge is -2.14. The summed E-state index contributed by atoms with van der Waals surface area (Å²) >= 11 is 0. The van der Waals surface area contributed by atoms with Gasteiger partial charge in [-0.05, 0) is 33.0 Å². The number of unbranched alkanes of at least 4 members (excludes halogenated alkanes) is 1. The lowest BCUT2D eigenvalue weighted by atomic mass is 10.2. The molecule has 1 N–H and O–H groups in total. The Kier molecular flexibility index (Phi) is 6.93. The summed E-state index contributed by atoms with van der Waals surface area (Å²) in [7, 11) is 1.94. The van der Waals surface area contributed by atoms with Crippen molar-refractivity contribution in [2.24, 2.45) is 0 Å². The average Bonchev–Trinajstić information content (AvgIpc) is 2.04. The molecule has 0 aliphatic heterocycles. The lowest BCUT2D eigenvalue weighted by molar-refractivity contribution is -0.137. The summed E-state index contributed by atoms with van der Waals surface area (Å²) in [6.07, 6.45) is 2.34. The maximum absolute atomic E-state index is 10.2. The van der Waals surface area contributed by atoms with Crippen LogP contribution in [0.15, 0.2) is 0 Å². The monoisotopic (exact) mass is 184 g/mol. The van der Waals surface area contributed by atoms with Crippen molar-refractivity contribution in [1.29, 1.82) is 5.26 Å². The van der Waals surface area contributed by atoms with Crippen molar-refractivity contribution in [2.45, 2.75) is 25.7 Å². The molecule has 0 spiro atoms. The molecule has 0 atom stereocenters. The zero-order valence-electron chi connectivity index (χ0n) is 7.99. The summed E-state index contributed by atoms with van der Waals surface area (Å²) in [5.41, 5.74) is 0. The number of nitrogens with zero attached hydrogens (tertiary/aromatic N) is 2. The van der Waals surface area contributed by atoms with Crippen molar-refractivity contribution in [3.63, 3.8) is 0 Å². The normalized spacial score (nSPS) is 9.92. The van der Waals surface area contributed by atoms with Crippen LogP contribution in [0.2, 0.25) is 0 Å². The van der Waals surface area contributed by atoms with Crippen LogP contribution in [0.1, 0.15) is 25.7 Å². The highest BCUT2D eigenvalue weighted by atomic mass is 16.4. The summed E-state index contributed by atoms with van der Waals surface area (Å²) in [6.45, 7) is 1.66. The van der Waals surface area contributed by atoms with E-state index >= 15 is 0 Å². The van der Waals surface area contributed by atoms with E-state index in [1.807, 2.05) is 7.05 Å². The van der Waals surface area contributed by atoms with Crippen LogP contribution in [-0.4, -0.2) is 36.1 Å². The minimum absolute atomic E-state index is 0.225. The van der Waals surface area contributed by atoms with Gasteiger partial charge in [-0.1, -0.05) is 0 Å². The van der Waals surface area contributed by atoms with Crippen molar-refractivity contribution < 1.29 is 9.90 Å². The molecule has 13 heavy (non-hydrogen) atoms. The summed E-state index contributed by atoms with van der Waals surface area (Å²) in [5.74, 6) is -0.745. The van der Waals surface area contributed by atoms with Crippen LogP contribution in [0.3, 0.4) is 0 Å². The van der Waals surface area contributed by atoms with Gasteiger partial charge in [0.15, 0.2) is 0 Å². The molecule has 74 valence electrons. The van der Waals surface area contributed by atoms with Gasteiger partial charge in [0.05, 0.1) is 6.07 Å². The fraction of sp³-hybridized carbons (Fsp3) is 0.778. The second-order valence-corrected chi connectivity index (χ2v) is 3.06. The van der Waals surface area contributed by atoms with Crippen LogP contribution >= 0.6 is 0 Å². The molecule has 0 rings (SSSR count). The Balaban J connectivity index is 3.25. The lowest BCUT2D eigenvalue weighted by Crippen LogP contribution is -2.21. The van der Waals surface area contributed by atoms with E-state index in [2.05, 4.69) is 11.0 Å². The molecule has 4 heteroatoms. The van der Waals surface area contributed by atoms with Gasteiger partial charge in [-0.2, -0.15) is 5.26 Å². The number of carboxylic acids is 1. The number of rotatable bonds is 7. The molecule has 4 nitrogen and oxygen atoms in total. The van der Waals surface area contributed by atoms with E-state index in [9.17, 15) is 4.79 Å². The molecule has 0 aliphatic carbocycles. The van der Waals surface area contributed by atoms with Crippen LogP contribution in [0.4, 0.5) is 0 Å². The molecule has 0 unspecified atom stereocenters. The van der Waals surface area contributed by atoms with Crippen LogP contribution in [0.5, 0.6) is 0 Å². The molecule has 0 heterocycles. The zero-order valence-corrected chi connectivity index (χ0v) is 7.99. The number of aliphatic carboxylic acids is 1. The Bertz CT molecular complexity index is 187. The fourth-order valence-electron chi connectivity index (χ4n) is 1.04. The van der Waals surface area contributed by atoms with E-state index in [-0.39, 0.29) is 6.42 Å². The second-order valence-electron chi connectivity index (χ2n) is 3.06. The third kappa shape index (κ3) is 8.83. The highest BCUT2D eigenvalue weighted by Gasteiger charge is 2.00. The number of hydrogen-bond donors (Lipinski definition) is 1. The minimum atomic E-state index is -0.745. The molecule has 0 bridgehead atoms. The molecule has 0 saturated carbocycles. The maximum atomic E-state index is 10.2. The predicted octanol–water partition coefficient (Wildman–Crippen LogP) is 1.09. The van der Waals surface area contributed by atoms with Gasteiger partial charge < -0.3 is 10.0 Å². The third-order valence-corrected chi connectivity index (χ3v) is 1.76. The first-order valence-corrected chi connectivity index (χ1v) is 4.44. The first kappa shape index (κ1) is 11.9. The van der Waals surface area contributed by atoms with E-state index in [1.54, 1.807) is 0 Å². The van der Waals surface area contributed by atoms with E-state index in [0.29, 0.717) is 12.8 Å². The fourth-order valence-corrected chi connectivity index (χ4v) is 1.04. The maximum Gasteiger partial charge on any atom is 0.303 e. The molecule has 0 aromatic heterocycles. The number of nitriles is 1. The third-order valence-electron chi connectivity index (χ3n) is 1.76. The molecular formula is C9H16N2O2. The Hall–Kier alpha value is -1.08. The van der Waals surface area contributed by atoms with Crippen molar-refractivity contribution >= 4 is 5.97 Å². The Morgan fingerprint density at radius 1 is 1.46 bits per heavy atom. The Labute approximate surface area is 78.8 Å². The minimum Gasteiger partial charge on any atom is -0.481 e.